The van der Waals surface area contributed by atoms with Gasteiger partial charge >= 0.3 is 0 Å². The van der Waals surface area contributed by atoms with Crippen molar-refractivity contribution in [2.45, 2.75) is 4.90 Å². The van der Waals surface area contributed by atoms with E-state index in [1.165, 1.54) is 11.8 Å². The zero-order valence-electron chi connectivity index (χ0n) is 19.1. The molecule has 0 aromatic heterocycles. The zero-order valence-corrected chi connectivity index (χ0v) is 19.9. The van der Waals surface area contributed by atoms with E-state index in [1.807, 2.05) is 42.5 Å². The summed E-state index contributed by atoms with van der Waals surface area (Å²) in [5.41, 5.74) is 1.75. The van der Waals surface area contributed by atoms with E-state index < -0.39 is 0 Å². The van der Waals surface area contributed by atoms with Crippen LogP contribution in [0.25, 0.3) is 0 Å². The highest BCUT2D eigenvalue weighted by Gasteiger charge is 2.16. The Morgan fingerprint density at radius 1 is 0.750 bits per heavy atom. The maximum Gasteiger partial charge on any atom is 0.256 e. The molecule has 4 aromatic carbocycles. The van der Waals surface area contributed by atoms with Crippen molar-refractivity contribution >= 4 is 35.0 Å². The Bertz CT molecular complexity index is 1380. The predicted octanol–water partition coefficient (Wildman–Crippen LogP) is 6.19. The second kappa shape index (κ2) is 10.9. The van der Waals surface area contributed by atoms with Crippen LogP contribution in [0, 0.1) is 0 Å². The SMILES string of the molecule is O=C(CSc1ccccc1C(=O)Nc1ccc(Oc2ccccc2)cc1)Nc1ccc2c(c1)OCO2. The van der Waals surface area contributed by atoms with Gasteiger partial charge in [0, 0.05) is 22.3 Å². The lowest BCUT2D eigenvalue weighted by Gasteiger charge is -2.11. The summed E-state index contributed by atoms with van der Waals surface area (Å²) in [5, 5.41) is 5.75. The molecule has 8 heteroatoms. The number of nitrogens with one attached hydrogen (secondary N) is 2. The van der Waals surface area contributed by atoms with Crippen molar-refractivity contribution in [3.63, 3.8) is 0 Å². The molecule has 1 heterocycles. The van der Waals surface area contributed by atoms with E-state index >= 15 is 0 Å². The van der Waals surface area contributed by atoms with Gasteiger partial charge in [-0.3, -0.25) is 9.59 Å². The Labute approximate surface area is 212 Å². The molecule has 2 N–H and O–H groups in total. The molecule has 0 aliphatic carbocycles. The number of thioether (sulfide) groups is 1. The molecule has 0 saturated carbocycles. The first-order valence-corrected chi connectivity index (χ1v) is 12.2. The molecule has 5 rings (SSSR count). The molecule has 36 heavy (non-hydrogen) atoms. The molecule has 0 atom stereocenters. The highest BCUT2D eigenvalue weighted by Crippen LogP contribution is 2.34. The Kier molecular flexibility index (Phi) is 7.05. The minimum absolute atomic E-state index is 0.143. The van der Waals surface area contributed by atoms with Crippen molar-refractivity contribution in [3.05, 3.63) is 103 Å². The molecular weight excluding hydrogens is 476 g/mol. The maximum atomic E-state index is 13.0. The van der Waals surface area contributed by atoms with Crippen LogP contribution in [0.4, 0.5) is 11.4 Å². The van der Waals surface area contributed by atoms with Gasteiger partial charge in [-0.2, -0.15) is 0 Å². The van der Waals surface area contributed by atoms with Gasteiger partial charge in [0.1, 0.15) is 11.5 Å². The molecule has 0 saturated heterocycles. The quantitative estimate of drug-likeness (QED) is 0.282. The largest absolute Gasteiger partial charge is 0.457 e. The van der Waals surface area contributed by atoms with Gasteiger partial charge in [0.25, 0.3) is 5.91 Å². The molecule has 180 valence electrons. The van der Waals surface area contributed by atoms with E-state index in [2.05, 4.69) is 10.6 Å². The minimum Gasteiger partial charge on any atom is -0.457 e. The molecule has 0 bridgehead atoms. The lowest BCUT2D eigenvalue weighted by atomic mass is 10.2. The van der Waals surface area contributed by atoms with Crippen molar-refractivity contribution in [3.8, 4) is 23.0 Å². The van der Waals surface area contributed by atoms with Crippen molar-refractivity contribution in [2.24, 2.45) is 0 Å². The third-order valence-electron chi connectivity index (χ3n) is 5.24. The monoisotopic (exact) mass is 498 g/mol. The molecule has 1 aliphatic heterocycles. The Morgan fingerprint density at radius 3 is 2.28 bits per heavy atom. The molecule has 2 amide bonds. The number of rotatable bonds is 8. The fourth-order valence-electron chi connectivity index (χ4n) is 3.52. The van der Waals surface area contributed by atoms with Crippen LogP contribution in [0.2, 0.25) is 0 Å². The lowest BCUT2D eigenvalue weighted by Crippen LogP contribution is -2.15. The normalized spacial score (nSPS) is 11.6. The van der Waals surface area contributed by atoms with Crippen molar-refractivity contribution < 1.29 is 23.8 Å². The minimum atomic E-state index is -0.258. The third-order valence-corrected chi connectivity index (χ3v) is 6.31. The Balaban J connectivity index is 1.18. The average molecular weight is 499 g/mol. The van der Waals surface area contributed by atoms with Crippen molar-refractivity contribution in [1.29, 1.82) is 0 Å². The highest BCUT2D eigenvalue weighted by molar-refractivity contribution is 8.00. The number of hydrogen-bond acceptors (Lipinski definition) is 6. The van der Waals surface area contributed by atoms with Crippen LogP contribution in [0.1, 0.15) is 10.4 Å². The second-order valence-electron chi connectivity index (χ2n) is 7.79. The van der Waals surface area contributed by atoms with Crippen LogP contribution in [0.15, 0.2) is 102 Å². The summed E-state index contributed by atoms with van der Waals surface area (Å²) in [6, 6.07) is 29.1. The van der Waals surface area contributed by atoms with Crippen LogP contribution in [0.5, 0.6) is 23.0 Å². The number of anilines is 2. The average Bonchev–Trinajstić information content (AvgIpc) is 3.37. The summed E-state index contributed by atoms with van der Waals surface area (Å²) < 4.78 is 16.4. The standard InChI is InChI=1S/C28H22N2O5S/c31-27(29-20-12-15-24-25(16-20)34-18-33-24)17-36-26-9-5-4-8-23(26)28(32)30-19-10-13-22(14-11-19)35-21-6-2-1-3-7-21/h1-16H,17-18H2,(H,29,31)(H,30,32). The van der Waals surface area contributed by atoms with E-state index in [-0.39, 0.29) is 24.4 Å². The van der Waals surface area contributed by atoms with E-state index in [4.69, 9.17) is 14.2 Å². The van der Waals surface area contributed by atoms with Crippen molar-refractivity contribution in [2.75, 3.05) is 23.2 Å². The fourth-order valence-corrected chi connectivity index (χ4v) is 4.37. The smallest absolute Gasteiger partial charge is 0.256 e. The van der Waals surface area contributed by atoms with Crippen molar-refractivity contribution in [1.82, 2.24) is 0 Å². The number of fused-ring (bicyclic) bond motifs is 1. The first-order valence-electron chi connectivity index (χ1n) is 11.2. The number of hydrogen-bond donors (Lipinski definition) is 2. The molecule has 7 nitrogen and oxygen atoms in total. The van der Waals surface area contributed by atoms with Gasteiger partial charge in [-0.15, -0.1) is 11.8 Å². The summed E-state index contributed by atoms with van der Waals surface area (Å²) in [6.45, 7) is 0.174. The highest BCUT2D eigenvalue weighted by atomic mass is 32.2. The van der Waals surface area contributed by atoms with Gasteiger partial charge in [0.2, 0.25) is 12.7 Å². The van der Waals surface area contributed by atoms with Crippen LogP contribution >= 0.6 is 11.8 Å². The van der Waals surface area contributed by atoms with Gasteiger partial charge in [0.15, 0.2) is 11.5 Å². The molecule has 4 aromatic rings. The number of ether oxygens (including phenoxy) is 3. The number of para-hydroxylation sites is 1. The molecule has 0 fully saturated rings. The summed E-state index contributed by atoms with van der Waals surface area (Å²) in [5.74, 6) is 2.35. The predicted molar refractivity (Wildman–Crippen MR) is 139 cm³/mol. The maximum absolute atomic E-state index is 13.0. The second-order valence-corrected chi connectivity index (χ2v) is 8.81. The topological polar surface area (TPSA) is 85.9 Å². The van der Waals surface area contributed by atoms with Gasteiger partial charge in [-0.05, 0) is 60.7 Å². The fraction of sp³-hybridized carbons (Fsp3) is 0.0714. The third kappa shape index (κ3) is 5.79. The molecule has 1 aliphatic rings. The molecule has 0 spiro atoms. The number of carbonyl (C=O) groups is 2. The zero-order chi connectivity index (χ0) is 24.7. The molecular formula is C28H22N2O5S. The van der Waals surface area contributed by atoms with Crippen LogP contribution in [0.3, 0.4) is 0 Å². The van der Waals surface area contributed by atoms with E-state index in [0.717, 1.165) is 5.75 Å². The Hall–Kier alpha value is -4.43. The van der Waals surface area contributed by atoms with Gasteiger partial charge < -0.3 is 24.8 Å². The lowest BCUT2D eigenvalue weighted by molar-refractivity contribution is -0.113. The first kappa shape index (κ1) is 23.3. The molecule has 0 radical (unpaired) electrons. The van der Waals surface area contributed by atoms with Gasteiger partial charge in [0.05, 0.1) is 11.3 Å². The van der Waals surface area contributed by atoms with Crippen LogP contribution < -0.4 is 24.8 Å². The summed E-state index contributed by atoms with van der Waals surface area (Å²) in [6.07, 6.45) is 0. The number of carbonyl (C=O) groups excluding carboxylic acids is 2. The summed E-state index contributed by atoms with van der Waals surface area (Å²) in [4.78, 5) is 26.2. The number of amides is 2. The number of benzene rings is 4. The van der Waals surface area contributed by atoms with Crippen LogP contribution in [-0.2, 0) is 4.79 Å². The van der Waals surface area contributed by atoms with E-state index in [9.17, 15) is 9.59 Å². The van der Waals surface area contributed by atoms with Crippen LogP contribution in [-0.4, -0.2) is 24.4 Å². The van der Waals surface area contributed by atoms with E-state index in [0.29, 0.717) is 39.1 Å². The van der Waals surface area contributed by atoms with Gasteiger partial charge in [-0.1, -0.05) is 30.3 Å². The summed E-state index contributed by atoms with van der Waals surface area (Å²) >= 11 is 1.29. The van der Waals surface area contributed by atoms with E-state index in [1.54, 1.807) is 54.6 Å². The Morgan fingerprint density at radius 2 is 1.44 bits per heavy atom. The summed E-state index contributed by atoms with van der Waals surface area (Å²) in [7, 11) is 0. The molecule has 0 unspecified atom stereocenters. The first-order chi connectivity index (χ1) is 17.6. The van der Waals surface area contributed by atoms with Gasteiger partial charge in [-0.25, -0.2) is 0 Å².